The number of amides is 1. The molecule has 0 saturated heterocycles. The van der Waals surface area contributed by atoms with Gasteiger partial charge in [0.25, 0.3) is 5.91 Å². The smallest absolute Gasteiger partial charge is 0.311 e. The molecule has 0 aliphatic heterocycles. The summed E-state index contributed by atoms with van der Waals surface area (Å²) < 4.78 is 0.841. The molecule has 1 amide bonds. The molecule has 8 heteroatoms. The first-order chi connectivity index (χ1) is 11.4. The Kier molecular flexibility index (Phi) is 5.29. The number of phenols is 1. The molecule has 0 unspecified atom stereocenters. The second kappa shape index (κ2) is 7.39. The molecule has 2 aromatic carbocycles. The Balaban J connectivity index is 2.27. The number of hydrogen-bond donors (Lipinski definition) is 2. The van der Waals surface area contributed by atoms with Crippen LogP contribution in [0.3, 0.4) is 0 Å². The van der Waals surface area contributed by atoms with E-state index in [0.29, 0.717) is 5.69 Å². The average molecular weight is 388 g/mol. The first kappa shape index (κ1) is 17.2. The van der Waals surface area contributed by atoms with E-state index >= 15 is 0 Å². The summed E-state index contributed by atoms with van der Waals surface area (Å²) in [5, 5.41) is 31.9. The van der Waals surface area contributed by atoms with E-state index in [1.807, 2.05) is 0 Å². The summed E-state index contributed by atoms with van der Waals surface area (Å²) in [6, 6.07) is 12.1. The number of halogens is 1. The SMILES string of the molecule is N#C/C(=C/c1ccc(O)c([N+](=O)[O-])c1)C(=O)Nc1ccc(Br)cc1. The number of nitro groups is 1. The van der Waals surface area contributed by atoms with Crippen molar-refractivity contribution >= 4 is 39.3 Å². The summed E-state index contributed by atoms with van der Waals surface area (Å²) in [5.74, 6) is -1.13. The molecule has 0 spiro atoms. The summed E-state index contributed by atoms with van der Waals surface area (Å²) in [6.45, 7) is 0. The summed E-state index contributed by atoms with van der Waals surface area (Å²) in [6.07, 6.45) is 1.21. The van der Waals surface area contributed by atoms with Crippen molar-refractivity contribution in [1.82, 2.24) is 0 Å². The summed E-state index contributed by atoms with van der Waals surface area (Å²) in [7, 11) is 0. The van der Waals surface area contributed by atoms with Gasteiger partial charge in [-0.1, -0.05) is 22.0 Å². The lowest BCUT2D eigenvalue weighted by atomic mass is 10.1. The minimum Gasteiger partial charge on any atom is -0.502 e. The third-order valence-electron chi connectivity index (χ3n) is 2.97. The number of nitro benzene ring substituents is 1. The van der Waals surface area contributed by atoms with Crippen LogP contribution >= 0.6 is 15.9 Å². The second-order valence-corrected chi connectivity index (χ2v) is 5.55. The number of phenolic OH excluding ortho intramolecular Hbond substituents is 1. The predicted octanol–water partition coefficient (Wildman–Crippen LogP) is 3.61. The number of nitrogens with zero attached hydrogens (tertiary/aromatic N) is 2. The molecule has 2 aromatic rings. The van der Waals surface area contributed by atoms with Gasteiger partial charge in [-0.15, -0.1) is 0 Å². The van der Waals surface area contributed by atoms with E-state index in [2.05, 4.69) is 21.2 Å². The minimum atomic E-state index is -0.749. The molecule has 2 rings (SSSR count). The van der Waals surface area contributed by atoms with Crippen LogP contribution in [0.5, 0.6) is 5.75 Å². The number of carbonyl (C=O) groups excluding carboxylic acids is 1. The number of rotatable bonds is 4. The van der Waals surface area contributed by atoms with Crippen LogP contribution < -0.4 is 5.32 Å². The quantitative estimate of drug-likeness (QED) is 0.359. The van der Waals surface area contributed by atoms with Crippen molar-refractivity contribution in [2.24, 2.45) is 0 Å². The molecule has 0 atom stereocenters. The lowest BCUT2D eigenvalue weighted by molar-refractivity contribution is -0.385. The average Bonchev–Trinajstić information content (AvgIpc) is 2.55. The fourth-order valence-electron chi connectivity index (χ4n) is 1.82. The Hall–Kier alpha value is -3.18. The van der Waals surface area contributed by atoms with Gasteiger partial charge in [0.1, 0.15) is 11.6 Å². The predicted molar refractivity (Wildman–Crippen MR) is 91.1 cm³/mol. The highest BCUT2D eigenvalue weighted by Gasteiger charge is 2.15. The first-order valence-electron chi connectivity index (χ1n) is 6.57. The van der Waals surface area contributed by atoms with Crippen molar-refractivity contribution in [1.29, 1.82) is 5.26 Å². The highest BCUT2D eigenvalue weighted by atomic mass is 79.9. The van der Waals surface area contributed by atoms with Gasteiger partial charge < -0.3 is 10.4 Å². The normalized spacial score (nSPS) is 10.8. The Bertz CT molecular complexity index is 870. The number of hydrogen-bond acceptors (Lipinski definition) is 5. The molecular formula is C16H10BrN3O4. The monoisotopic (exact) mass is 387 g/mol. The van der Waals surface area contributed by atoms with Gasteiger partial charge in [-0.2, -0.15) is 5.26 Å². The summed E-state index contributed by atoms with van der Waals surface area (Å²) in [5.41, 5.74) is 0.0234. The maximum absolute atomic E-state index is 12.1. The van der Waals surface area contributed by atoms with Crippen molar-refractivity contribution in [3.8, 4) is 11.8 Å². The zero-order valence-corrected chi connectivity index (χ0v) is 13.6. The van der Waals surface area contributed by atoms with Crippen LogP contribution in [0.4, 0.5) is 11.4 Å². The van der Waals surface area contributed by atoms with E-state index < -0.39 is 22.3 Å². The summed E-state index contributed by atoms with van der Waals surface area (Å²) in [4.78, 5) is 22.2. The van der Waals surface area contributed by atoms with Crippen LogP contribution in [0, 0.1) is 21.4 Å². The molecule has 0 heterocycles. The molecule has 0 fully saturated rings. The van der Waals surface area contributed by atoms with Crippen LogP contribution in [0.2, 0.25) is 0 Å². The standard InChI is InChI=1S/C16H10BrN3O4/c17-12-2-4-13(5-3-12)19-16(22)11(9-18)7-10-1-6-15(21)14(8-10)20(23)24/h1-8,21H,(H,19,22)/b11-7-. The number of nitrogens with one attached hydrogen (secondary N) is 1. The molecule has 0 aromatic heterocycles. The molecule has 0 bridgehead atoms. The number of aromatic hydroxyl groups is 1. The maximum Gasteiger partial charge on any atom is 0.311 e. The van der Waals surface area contributed by atoms with Crippen molar-refractivity contribution in [3.63, 3.8) is 0 Å². The van der Waals surface area contributed by atoms with E-state index in [4.69, 9.17) is 5.26 Å². The number of carbonyl (C=O) groups is 1. The third kappa shape index (κ3) is 4.18. The fourth-order valence-corrected chi connectivity index (χ4v) is 2.09. The Morgan fingerprint density at radius 2 is 1.96 bits per heavy atom. The molecule has 7 nitrogen and oxygen atoms in total. The zero-order chi connectivity index (χ0) is 17.7. The maximum atomic E-state index is 12.1. The van der Waals surface area contributed by atoms with Gasteiger partial charge >= 0.3 is 5.69 Å². The van der Waals surface area contributed by atoms with Gasteiger partial charge in [0.2, 0.25) is 0 Å². The van der Waals surface area contributed by atoms with Gasteiger partial charge in [-0.25, -0.2) is 0 Å². The van der Waals surface area contributed by atoms with Crippen molar-refractivity contribution < 1.29 is 14.8 Å². The number of benzene rings is 2. The Morgan fingerprint density at radius 3 is 2.54 bits per heavy atom. The van der Waals surface area contributed by atoms with Gasteiger partial charge in [0.05, 0.1) is 4.92 Å². The van der Waals surface area contributed by atoms with E-state index in [-0.39, 0.29) is 11.1 Å². The second-order valence-electron chi connectivity index (χ2n) is 4.64. The van der Waals surface area contributed by atoms with Gasteiger partial charge in [-0.3, -0.25) is 14.9 Å². The molecule has 0 saturated carbocycles. The third-order valence-corrected chi connectivity index (χ3v) is 3.50. The van der Waals surface area contributed by atoms with E-state index in [9.17, 15) is 20.0 Å². The molecule has 120 valence electrons. The van der Waals surface area contributed by atoms with E-state index in [0.717, 1.165) is 16.6 Å². The Labute approximate surface area is 145 Å². The number of anilines is 1. The molecule has 0 radical (unpaired) electrons. The van der Waals surface area contributed by atoms with Crippen LogP contribution in [0.1, 0.15) is 5.56 Å². The topological polar surface area (TPSA) is 116 Å². The van der Waals surface area contributed by atoms with Crippen LogP contribution in [0.15, 0.2) is 52.5 Å². The number of nitriles is 1. The Morgan fingerprint density at radius 1 is 1.29 bits per heavy atom. The first-order valence-corrected chi connectivity index (χ1v) is 7.36. The zero-order valence-electron chi connectivity index (χ0n) is 12.1. The highest BCUT2D eigenvalue weighted by Crippen LogP contribution is 2.27. The van der Waals surface area contributed by atoms with Crippen LogP contribution in [-0.2, 0) is 4.79 Å². The van der Waals surface area contributed by atoms with E-state index in [1.54, 1.807) is 30.3 Å². The molecule has 0 aliphatic rings. The van der Waals surface area contributed by atoms with Crippen molar-refractivity contribution in [2.75, 3.05) is 5.32 Å². The minimum absolute atomic E-state index is 0.224. The van der Waals surface area contributed by atoms with Crippen molar-refractivity contribution in [3.05, 3.63) is 68.2 Å². The van der Waals surface area contributed by atoms with Crippen LogP contribution in [0.25, 0.3) is 6.08 Å². The molecule has 0 aliphatic carbocycles. The van der Waals surface area contributed by atoms with Crippen molar-refractivity contribution in [2.45, 2.75) is 0 Å². The summed E-state index contributed by atoms with van der Waals surface area (Å²) >= 11 is 3.27. The van der Waals surface area contributed by atoms with Gasteiger partial charge in [0.15, 0.2) is 5.75 Å². The van der Waals surface area contributed by atoms with E-state index in [1.165, 1.54) is 12.1 Å². The largest absolute Gasteiger partial charge is 0.502 e. The fraction of sp³-hybridized carbons (Fsp3) is 0. The van der Waals surface area contributed by atoms with Crippen LogP contribution in [-0.4, -0.2) is 15.9 Å². The lowest BCUT2D eigenvalue weighted by Crippen LogP contribution is -2.13. The van der Waals surface area contributed by atoms with Gasteiger partial charge in [0, 0.05) is 16.2 Å². The molecule has 24 heavy (non-hydrogen) atoms. The highest BCUT2D eigenvalue weighted by molar-refractivity contribution is 9.10. The lowest BCUT2D eigenvalue weighted by Gasteiger charge is -2.04. The molecular weight excluding hydrogens is 378 g/mol. The molecule has 2 N–H and O–H groups in total. The van der Waals surface area contributed by atoms with Gasteiger partial charge in [-0.05, 0) is 42.0 Å².